The first-order valence-corrected chi connectivity index (χ1v) is 5.60. The molecule has 0 bridgehead atoms. The predicted octanol–water partition coefficient (Wildman–Crippen LogP) is -2.07. The molecule has 3 atom stereocenters. The first-order valence-electron chi connectivity index (χ1n) is 4.07. The highest BCUT2D eigenvalue weighted by Gasteiger charge is 2.26. The van der Waals surface area contributed by atoms with Gasteiger partial charge in [0.1, 0.15) is 18.3 Å². The molecular weight excluding hydrogens is 243 g/mol. The lowest BCUT2D eigenvalue weighted by Gasteiger charge is -2.21. The molecule has 0 saturated heterocycles. The Hall–Kier alpha value is -0.600. The fourth-order valence-corrected chi connectivity index (χ4v) is 1.12. The zero-order chi connectivity index (χ0) is 12.9. The molecule has 0 aliphatic heterocycles. The van der Waals surface area contributed by atoms with Crippen molar-refractivity contribution < 1.29 is 39.0 Å². The Labute approximate surface area is 91.0 Å². The van der Waals surface area contributed by atoms with E-state index in [9.17, 15) is 19.6 Å². The highest BCUT2D eigenvalue weighted by atomic mass is 31.2. The van der Waals surface area contributed by atoms with Crippen LogP contribution in [0.15, 0.2) is 12.2 Å². The van der Waals surface area contributed by atoms with Crippen LogP contribution in [0.4, 0.5) is 0 Å². The molecule has 9 heteroatoms. The Morgan fingerprint density at radius 2 is 1.88 bits per heavy atom. The van der Waals surface area contributed by atoms with Crippen LogP contribution in [0.2, 0.25) is 0 Å². The summed E-state index contributed by atoms with van der Waals surface area (Å²) in [6, 6.07) is 0. The largest absolute Gasteiger partial charge is 0.469 e. The maximum absolute atomic E-state index is 10.3. The minimum atomic E-state index is -4.75. The van der Waals surface area contributed by atoms with Crippen molar-refractivity contribution in [3.05, 3.63) is 12.2 Å². The van der Waals surface area contributed by atoms with Crippen LogP contribution in [0, 0.1) is 0 Å². The van der Waals surface area contributed by atoms with Crippen LogP contribution in [0.25, 0.3) is 0 Å². The number of carbonyl (C=O) groups excluding carboxylic acids is 1. The number of aldehydes is 1. The van der Waals surface area contributed by atoms with E-state index in [0.29, 0.717) is 0 Å². The van der Waals surface area contributed by atoms with Gasteiger partial charge >= 0.3 is 7.82 Å². The molecule has 0 aliphatic rings. The molecule has 16 heavy (non-hydrogen) atoms. The van der Waals surface area contributed by atoms with Gasteiger partial charge in [-0.25, -0.2) is 4.57 Å². The molecule has 94 valence electrons. The van der Waals surface area contributed by atoms with Crippen LogP contribution >= 0.6 is 7.82 Å². The summed E-state index contributed by atoms with van der Waals surface area (Å²) in [5.41, 5.74) is -0.392. The molecular formula is C7H13O8P. The minimum absolute atomic E-state index is 0.0854. The Balaban J connectivity index is 4.28. The predicted molar refractivity (Wildman–Crippen MR) is 51.2 cm³/mol. The summed E-state index contributed by atoms with van der Waals surface area (Å²) in [5, 5.41) is 27.4. The zero-order valence-corrected chi connectivity index (χ0v) is 9.03. The minimum Gasteiger partial charge on any atom is -0.388 e. The van der Waals surface area contributed by atoms with Crippen molar-refractivity contribution in [3.8, 4) is 0 Å². The number of aliphatic hydroxyl groups excluding tert-OH is 3. The molecule has 0 saturated carbocycles. The van der Waals surface area contributed by atoms with E-state index in [1.807, 2.05) is 0 Å². The normalized spacial score (nSPS) is 17.6. The van der Waals surface area contributed by atoms with Gasteiger partial charge in [0.15, 0.2) is 6.29 Å². The van der Waals surface area contributed by atoms with E-state index in [1.54, 1.807) is 0 Å². The number of aliphatic hydroxyl groups is 3. The molecule has 0 aromatic heterocycles. The summed E-state index contributed by atoms with van der Waals surface area (Å²) in [6.45, 7) is 2.28. The molecule has 8 nitrogen and oxygen atoms in total. The fourth-order valence-electron chi connectivity index (χ4n) is 0.774. The van der Waals surface area contributed by atoms with E-state index in [0.717, 1.165) is 0 Å². The van der Waals surface area contributed by atoms with Gasteiger partial charge < -0.3 is 29.9 Å². The third kappa shape index (κ3) is 5.47. The van der Waals surface area contributed by atoms with Gasteiger partial charge in [0.05, 0.1) is 6.61 Å². The Morgan fingerprint density at radius 3 is 2.25 bits per heavy atom. The highest BCUT2D eigenvalue weighted by Crippen LogP contribution is 2.35. The van der Waals surface area contributed by atoms with Crippen molar-refractivity contribution in [1.29, 1.82) is 0 Å². The van der Waals surface area contributed by atoms with Gasteiger partial charge in [-0.2, -0.15) is 0 Å². The van der Waals surface area contributed by atoms with Gasteiger partial charge in [-0.3, -0.25) is 4.52 Å². The van der Waals surface area contributed by atoms with Crippen LogP contribution < -0.4 is 0 Å². The SMILES string of the molecule is C=C([C@@H](O)C=O)[C@H](O)[C@H](O)COP(=O)(O)O. The summed E-state index contributed by atoms with van der Waals surface area (Å²) in [5.74, 6) is 0. The van der Waals surface area contributed by atoms with Gasteiger partial charge in [0.25, 0.3) is 0 Å². The molecule has 0 aliphatic carbocycles. The second-order valence-corrected chi connectivity index (χ2v) is 4.19. The maximum Gasteiger partial charge on any atom is 0.469 e. The molecule has 0 amide bonds. The van der Waals surface area contributed by atoms with Crippen molar-refractivity contribution in [3.63, 3.8) is 0 Å². The average Bonchev–Trinajstić information content (AvgIpc) is 2.21. The van der Waals surface area contributed by atoms with E-state index < -0.39 is 38.3 Å². The van der Waals surface area contributed by atoms with Gasteiger partial charge in [-0.1, -0.05) is 6.58 Å². The number of phosphoric acid groups is 1. The molecule has 0 unspecified atom stereocenters. The van der Waals surface area contributed by atoms with E-state index >= 15 is 0 Å². The molecule has 0 radical (unpaired) electrons. The van der Waals surface area contributed by atoms with Crippen LogP contribution in [-0.2, 0) is 13.9 Å². The summed E-state index contributed by atoms with van der Waals surface area (Å²) < 4.78 is 14.2. The Morgan fingerprint density at radius 1 is 1.38 bits per heavy atom. The summed E-state index contributed by atoms with van der Waals surface area (Å²) >= 11 is 0. The van der Waals surface area contributed by atoms with Crippen molar-refractivity contribution in [1.82, 2.24) is 0 Å². The van der Waals surface area contributed by atoms with E-state index in [1.165, 1.54) is 0 Å². The van der Waals surface area contributed by atoms with Gasteiger partial charge in [0.2, 0.25) is 0 Å². The molecule has 0 spiro atoms. The van der Waals surface area contributed by atoms with Gasteiger partial charge in [0, 0.05) is 0 Å². The monoisotopic (exact) mass is 256 g/mol. The number of rotatable bonds is 7. The summed E-state index contributed by atoms with van der Waals surface area (Å²) in [4.78, 5) is 26.8. The Kier molecular flexibility index (Phi) is 5.98. The second kappa shape index (κ2) is 6.21. The topological polar surface area (TPSA) is 145 Å². The van der Waals surface area contributed by atoms with E-state index in [-0.39, 0.29) is 6.29 Å². The van der Waals surface area contributed by atoms with Crippen molar-refractivity contribution in [2.75, 3.05) is 6.61 Å². The molecule has 5 N–H and O–H groups in total. The first kappa shape index (κ1) is 15.4. The van der Waals surface area contributed by atoms with Crippen LogP contribution in [0.3, 0.4) is 0 Å². The van der Waals surface area contributed by atoms with Crippen molar-refractivity contribution >= 4 is 14.1 Å². The number of carbonyl (C=O) groups is 1. The lowest BCUT2D eigenvalue weighted by molar-refractivity contribution is -0.114. The molecule has 0 aromatic rings. The molecule has 0 rings (SSSR count). The molecule has 0 aromatic carbocycles. The molecule has 0 heterocycles. The standard InChI is InChI=1S/C7H13O8P/c1-4(5(9)2-8)7(11)6(10)3-15-16(12,13)14/h2,5-7,9-11H,1,3H2,(H2,12,13,14)/t5-,6+,7-/m0/s1. The average molecular weight is 256 g/mol. The van der Waals surface area contributed by atoms with Crippen LogP contribution in [-0.4, -0.2) is 56.3 Å². The highest BCUT2D eigenvalue weighted by molar-refractivity contribution is 7.46. The maximum atomic E-state index is 10.3. The third-order valence-electron chi connectivity index (χ3n) is 1.67. The van der Waals surface area contributed by atoms with Gasteiger partial charge in [-0.15, -0.1) is 0 Å². The lowest BCUT2D eigenvalue weighted by Crippen LogP contribution is -2.35. The van der Waals surface area contributed by atoms with Crippen molar-refractivity contribution in [2.24, 2.45) is 0 Å². The Bertz CT molecular complexity index is 297. The third-order valence-corrected chi connectivity index (χ3v) is 2.15. The lowest BCUT2D eigenvalue weighted by atomic mass is 10.0. The van der Waals surface area contributed by atoms with Crippen molar-refractivity contribution in [2.45, 2.75) is 18.3 Å². The number of hydrogen-bond donors (Lipinski definition) is 5. The van der Waals surface area contributed by atoms with E-state index in [4.69, 9.17) is 14.9 Å². The van der Waals surface area contributed by atoms with Crippen LogP contribution in [0.5, 0.6) is 0 Å². The fraction of sp³-hybridized carbons (Fsp3) is 0.571. The quantitative estimate of drug-likeness (QED) is 0.198. The zero-order valence-electron chi connectivity index (χ0n) is 8.13. The summed E-state index contributed by atoms with van der Waals surface area (Å²) in [6.07, 6.45) is -5.02. The number of phosphoric ester groups is 1. The van der Waals surface area contributed by atoms with E-state index in [2.05, 4.69) is 11.1 Å². The second-order valence-electron chi connectivity index (χ2n) is 2.95. The van der Waals surface area contributed by atoms with Crippen LogP contribution in [0.1, 0.15) is 0 Å². The molecule has 0 fully saturated rings. The number of hydrogen-bond acceptors (Lipinski definition) is 6. The van der Waals surface area contributed by atoms with Gasteiger partial charge in [-0.05, 0) is 5.57 Å². The first-order chi connectivity index (χ1) is 7.19. The smallest absolute Gasteiger partial charge is 0.388 e. The summed E-state index contributed by atoms with van der Waals surface area (Å²) in [7, 11) is -4.75.